The number of methoxy groups -OCH3 is 1. The maximum atomic E-state index is 13.6. The zero-order valence-corrected chi connectivity index (χ0v) is 20.7. The molecule has 0 radical (unpaired) electrons. The van der Waals surface area contributed by atoms with Crippen molar-refractivity contribution in [3.05, 3.63) is 89.5 Å². The van der Waals surface area contributed by atoms with E-state index in [-0.39, 0.29) is 17.5 Å². The van der Waals surface area contributed by atoms with Gasteiger partial charge in [-0.15, -0.1) is 0 Å². The second-order valence-electron chi connectivity index (χ2n) is 9.25. The van der Waals surface area contributed by atoms with Crippen molar-refractivity contribution < 1.29 is 19.1 Å². The van der Waals surface area contributed by atoms with Crippen molar-refractivity contribution in [2.24, 2.45) is 0 Å². The number of benzene rings is 2. The SMILES string of the molecule is COC(=O)C1=C(C(=O)N(C)CCN(C)C)C2C=CC1(C(Cc1ccccc1)Nc1ccccc1)O2. The lowest BCUT2D eigenvalue weighted by molar-refractivity contribution is -0.138. The van der Waals surface area contributed by atoms with Crippen molar-refractivity contribution in [3.63, 3.8) is 0 Å². The van der Waals surface area contributed by atoms with Crippen molar-refractivity contribution in [1.82, 2.24) is 9.80 Å². The molecule has 2 aromatic rings. The standard InChI is InChI=1S/C28H33N3O4/c1-30(2)17-18-31(3)26(32)24-22-15-16-28(35-22,25(24)27(33)34-4)23(19-20-11-7-5-8-12-20)29-21-13-9-6-10-14-21/h5-16,22-23,29H,17-19H2,1-4H3. The van der Waals surface area contributed by atoms with Gasteiger partial charge in [0.1, 0.15) is 11.7 Å². The van der Waals surface area contributed by atoms with Crippen LogP contribution >= 0.6 is 0 Å². The summed E-state index contributed by atoms with van der Waals surface area (Å²) in [6, 6.07) is 19.5. The largest absolute Gasteiger partial charge is 0.466 e. The monoisotopic (exact) mass is 475 g/mol. The Hall–Kier alpha value is -3.42. The van der Waals surface area contributed by atoms with Crippen molar-refractivity contribution in [1.29, 1.82) is 0 Å². The number of para-hydroxylation sites is 1. The van der Waals surface area contributed by atoms with E-state index in [2.05, 4.69) is 5.32 Å². The van der Waals surface area contributed by atoms with Gasteiger partial charge >= 0.3 is 5.97 Å². The van der Waals surface area contributed by atoms with E-state index in [0.29, 0.717) is 25.1 Å². The summed E-state index contributed by atoms with van der Waals surface area (Å²) in [5.41, 5.74) is 1.47. The number of anilines is 1. The average molecular weight is 476 g/mol. The maximum Gasteiger partial charge on any atom is 0.337 e. The van der Waals surface area contributed by atoms with Crippen LogP contribution in [0.3, 0.4) is 0 Å². The molecule has 3 atom stereocenters. The first-order valence-electron chi connectivity index (χ1n) is 11.8. The highest BCUT2D eigenvalue weighted by atomic mass is 16.5. The molecule has 0 saturated carbocycles. The minimum absolute atomic E-state index is 0.221. The van der Waals surface area contributed by atoms with Crippen LogP contribution < -0.4 is 5.32 Å². The Bertz CT molecular complexity index is 1070. The minimum atomic E-state index is -1.14. The summed E-state index contributed by atoms with van der Waals surface area (Å²) in [6.07, 6.45) is 3.76. The molecule has 35 heavy (non-hydrogen) atoms. The number of likely N-dealkylation sites (N-methyl/N-ethyl adjacent to an activating group) is 2. The number of carbonyl (C=O) groups excluding carboxylic acids is 2. The predicted octanol–water partition coefficient (Wildman–Crippen LogP) is 2.91. The number of hydrogen-bond donors (Lipinski definition) is 1. The molecule has 7 nitrogen and oxygen atoms in total. The summed E-state index contributed by atoms with van der Waals surface area (Å²) in [5, 5.41) is 3.58. The smallest absolute Gasteiger partial charge is 0.337 e. The van der Waals surface area contributed by atoms with Crippen LogP contribution in [0.1, 0.15) is 5.56 Å². The van der Waals surface area contributed by atoms with Gasteiger partial charge in [0.05, 0.1) is 24.3 Å². The molecule has 184 valence electrons. The molecular formula is C28H33N3O4. The first-order valence-corrected chi connectivity index (χ1v) is 11.8. The summed E-state index contributed by atoms with van der Waals surface area (Å²) in [5.74, 6) is -0.768. The highest BCUT2D eigenvalue weighted by molar-refractivity contribution is 6.07. The third-order valence-corrected chi connectivity index (χ3v) is 6.55. The number of nitrogens with one attached hydrogen (secondary N) is 1. The number of carbonyl (C=O) groups is 2. The van der Waals surface area contributed by atoms with E-state index in [1.54, 1.807) is 11.9 Å². The third kappa shape index (κ3) is 5.01. The molecule has 2 aromatic carbocycles. The molecule has 0 saturated heterocycles. The Morgan fingerprint density at radius 1 is 1.03 bits per heavy atom. The van der Waals surface area contributed by atoms with Crippen molar-refractivity contribution >= 4 is 17.6 Å². The molecule has 2 bridgehead atoms. The van der Waals surface area contributed by atoms with Gasteiger partial charge < -0.3 is 24.6 Å². The zero-order valence-electron chi connectivity index (χ0n) is 20.7. The molecule has 0 aliphatic carbocycles. The van der Waals surface area contributed by atoms with E-state index in [9.17, 15) is 9.59 Å². The van der Waals surface area contributed by atoms with Crippen LogP contribution in [0.2, 0.25) is 0 Å². The van der Waals surface area contributed by atoms with Crippen LogP contribution in [0.25, 0.3) is 0 Å². The number of ether oxygens (including phenoxy) is 2. The van der Waals surface area contributed by atoms with Gasteiger partial charge in [-0.2, -0.15) is 0 Å². The molecule has 0 spiro atoms. The van der Waals surface area contributed by atoms with Crippen LogP contribution in [-0.2, 0) is 25.5 Å². The van der Waals surface area contributed by atoms with E-state index in [1.165, 1.54) is 7.11 Å². The Balaban J connectivity index is 1.76. The number of nitrogens with zero attached hydrogens (tertiary/aromatic N) is 2. The fraction of sp³-hybridized carbons (Fsp3) is 0.357. The summed E-state index contributed by atoms with van der Waals surface area (Å²) in [4.78, 5) is 30.4. The Morgan fingerprint density at radius 3 is 2.31 bits per heavy atom. The average Bonchev–Trinajstić information content (AvgIpc) is 3.45. The van der Waals surface area contributed by atoms with Crippen molar-refractivity contribution in [2.45, 2.75) is 24.2 Å². The number of fused-ring (bicyclic) bond motifs is 2. The van der Waals surface area contributed by atoms with E-state index >= 15 is 0 Å². The van der Waals surface area contributed by atoms with Crippen LogP contribution in [0.5, 0.6) is 0 Å². The lowest BCUT2D eigenvalue weighted by atomic mass is 9.78. The van der Waals surface area contributed by atoms with Gasteiger partial charge in [-0.1, -0.05) is 54.6 Å². The molecule has 3 unspecified atom stereocenters. The molecule has 7 heteroatoms. The van der Waals surface area contributed by atoms with Crippen LogP contribution in [0.4, 0.5) is 5.69 Å². The predicted molar refractivity (Wildman–Crippen MR) is 136 cm³/mol. The van der Waals surface area contributed by atoms with Gasteiger partial charge in [0.2, 0.25) is 0 Å². The lowest BCUT2D eigenvalue weighted by Crippen LogP contribution is -2.49. The van der Waals surface area contributed by atoms with E-state index in [0.717, 1.165) is 11.3 Å². The first-order chi connectivity index (χ1) is 16.9. The fourth-order valence-corrected chi connectivity index (χ4v) is 4.69. The quantitative estimate of drug-likeness (QED) is 0.421. The highest BCUT2D eigenvalue weighted by Crippen LogP contribution is 2.47. The summed E-state index contributed by atoms with van der Waals surface area (Å²) in [7, 11) is 7.01. The Morgan fingerprint density at radius 2 is 1.69 bits per heavy atom. The summed E-state index contributed by atoms with van der Waals surface area (Å²) < 4.78 is 11.7. The van der Waals surface area contributed by atoms with Gasteiger partial charge in [0, 0.05) is 25.8 Å². The lowest BCUT2D eigenvalue weighted by Gasteiger charge is -2.36. The van der Waals surface area contributed by atoms with Crippen LogP contribution in [0.15, 0.2) is 84.0 Å². The normalized spacial score (nSPS) is 21.3. The van der Waals surface area contributed by atoms with Gasteiger partial charge in [0.25, 0.3) is 5.91 Å². The Labute approximate surface area is 207 Å². The number of hydrogen-bond acceptors (Lipinski definition) is 6. The van der Waals surface area contributed by atoms with Gasteiger partial charge in [-0.05, 0) is 44.3 Å². The molecule has 2 heterocycles. The number of amides is 1. The highest BCUT2D eigenvalue weighted by Gasteiger charge is 2.58. The molecule has 2 aliphatic heterocycles. The van der Waals surface area contributed by atoms with Gasteiger partial charge in [-0.3, -0.25) is 4.79 Å². The third-order valence-electron chi connectivity index (χ3n) is 6.55. The molecule has 0 fully saturated rings. The van der Waals surface area contributed by atoms with Gasteiger partial charge in [0.15, 0.2) is 0 Å². The van der Waals surface area contributed by atoms with Crippen LogP contribution in [-0.4, -0.2) is 80.8 Å². The summed E-state index contributed by atoms with van der Waals surface area (Å²) >= 11 is 0. The minimum Gasteiger partial charge on any atom is -0.466 e. The first kappa shape index (κ1) is 24.7. The summed E-state index contributed by atoms with van der Waals surface area (Å²) in [6.45, 7) is 1.24. The number of esters is 1. The topological polar surface area (TPSA) is 71.1 Å². The molecule has 2 aliphatic rings. The second-order valence-corrected chi connectivity index (χ2v) is 9.25. The maximum absolute atomic E-state index is 13.6. The van der Waals surface area contributed by atoms with E-state index in [4.69, 9.17) is 9.47 Å². The molecule has 0 aromatic heterocycles. The zero-order chi connectivity index (χ0) is 25.0. The van der Waals surface area contributed by atoms with E-state index < -0.39 is 17.7 Å². The van der Waals surface area contributed by atoms with Crippen LogP contribution in [0, 0.1) is 0 Å². The molecule has 1 N–H and O–H groups in total. The van der Waals surface area contributed by atoms with E-state index in [1.807, 2.05) is 91.8 Å². The Kier molecular flexibility index (Phi) is 7.38. The van der Waals surface area contributed by atoms with Crippen molar-refractivity contribution in [2.75, 3.05) is 46.7 Å². The number of rotatable bonds is 10. The molecule has 1 amide bonds. The van der Waals surface area contributed by atoms with Gasteiger partial charge in [-0.25, -0.2) is 4.79 Å². The molecular weight excluding hydrogens is 442 g/mol. The second kappa shape index (κ2) is 10.5. The fourth-order valence-electron chi connectivity index (χ4n) is 4.69. The van der Waals surface area contributed by atoms with Crippen molar-refractivity contribution in [3.8, 4) is 0 Å². The molecule has 4 rings (SSSR count).